The predicted octanol–water partition coefficient (Wildman–Crippen LogP) is 3.79. The van der Waals surface area contributed by atoms with Crippen molar-refractivity contribution < 1.29 is 14.3 Å². The van der Waals surface area contributed by atoms with E-state index in [1.165, 1.54) is 4.88 Å². The maximum atomic E-state index is 12.3. The van der Waals surface area contributed by atoms with E-state index in [1.54, 1.807) is 11.3 Å². The van der Waals surface area contributed by atoms with E-state index in [-0.39, 0.29) is 17.8 Å². The lowest BCUT2D eigenvalue weighted by atomic mass is 9.85. The van der Waals surface area contributed by atoms with E-state index in [0.717, 1.165) is 44.1 Å². The molecule has 0 bridgehead atoms. The van der Waals surface area contributed by atoms with Crippen LogP contribution in [0.15, 0.2) is 0 Å². The zero-order valence-electron chi connectivity index (χ0n) is 13.2. The Balaban J connectivity index is 1.91. The molecule has 0 aromatic carbocycles. The number of hydrogen-bond donors (Lipinski definition) is 1. The summed E-state index contributed by atoms with van der Waals surface area (Å²) in [6, 6.07) is 0. The molecule has 0 radical (unpaired) electrons. The molecule has 3 rings (SSSR count). The van der Waals surface area contributed by atoms with Crippen LogP contribution in [0.1, 0.15) is 60.3 Å². The first kappa shape index (κ1) is 15.5. The monoisotopic (exact) mass is 321 g/mol. The molecular weight excluding hydrogens is 298 g/mol. The summed E-state index contributed by atoms with van der Waals surface area (Å²) >= 11 is 1.58. The van der Waals surface area contributed by atoms with Gasteiger partial charge in [0.2, 0.25) is 5.91 Å². The molecule has 5 heteroatoms. The molecule has 1 atom stereocenters. The van der Waals surface area contributed by atoms with Gasteiger partial charge in [-0.2, -0.15) is 0 Å². The predicted molar refractivity (Wildman–Crippen MR) is 87.4 cm³/mol. The highest BCUT2D eigenvalue weighted by Crippen LogP contribution is 2.41. The van der Waals surface area contributed by atoms with Crippen LogP contribution in [0.3, 0.4) is 0 Å². The highest BCUT2D eigenvalue weighted by Gasteiger charge is 2.33. The molecular formula is C17H23NO3S. The zero-order valence-corrected chi connectivity index (χ0v) is 14.1. The van der Waals surface area contributed by atoms with E-state index >= 15 is 0 Å². The fourth-order valence-electron chi connectivity index (χ4n) is 3.07. The molecule has 1 fully saturated rings. The van der Waals surface area contributed by atoms with Gasteiger partial charge in [-0.25, -0.2) is 4.79 Å². The lowest BCUT2D eigenvalue weighted by Crippen LogP contribution is -2.17. The molecule has 2 aliphatic rings. The molecule has 0 aliphatic heterocycles. The fourth-order valence-corrected chi connectivity index (χ4v) is 4.42. The second-order valence-electron chi connectivity index (χ2n) is 6.21. The number of thiophene rings is 1. The van der Waals surface area contributed by atoms with Crippen LogP contribution in [0.25, 0.3) is 0 Å². The smallest absolute Gasteiger partial charge is 0.341 e. The molecule has 0 spiro atoms. The summed E-state index contributed by atoms with van der Waals surface area (Å²) in [7, 11) is 0. The van der Waals surface area contributed by atoms with Gasteiger partial charge in [0.1, 0.15) is 5.00 Å². The number of carbonyl (C=O) groups is 2. The van der Waals surface area contributed by atoms with Gasteiger partial charge in [-0.15, -0.1) is 11.3 Å². The van der Waals surface area contributed by atoms with Gasteiger partial charge in [0.25, 0.3) is 0 Å². The third-order valence-corrected chi connectivity index (χ3v) is 5.78. The third-order valence-electron chi connectivity index (χ3n) is 4.61. The Hall–Kier alpha value is -1.36. The SMILES string of the molecule is CCOC(=O)c1c(NC(=O)C2CC2)sc2c1CCC(CC)C2. The van der Waals surface area contributed by atoms with Crippen LogP contribution in [-0.2, 0) is 22.4 Å². The highest BCUT2D eigenvalue weighted by molar-refractivity contribution is 7.17. The van der Waals surface area contributed by atoms with Crippen molar-refractivity contribution in [3.63, 3.8) is 0 Å². The van der Waals surface area contributed by atoms with Crippen molar-refractivity contribution in [3.8, 4) is 0 Å². The quantitative estimate of drug-likeness (QED) is 0.840. The number of anilines is 1. The minimum atomic E-state index is -0.291. The number of nitrogens with one attached hydrogen (secondary N) is 1. The number of fused-ring (bicyclic) bond motifs is 1. The Labute approximate surface area is 135 Å². The van der Waals surface area contributed by atoms with Gasteiger partial charge in [0.05, 0.1) is 12.2 Å². The summed E-state index contributed by atoms with van der Waals surface area (Å²) in [5, 5.41) is 3.69. The minimum Gasteiger partial charge on any atom is -0.462 e. The largest absolute Gasteiger partial charge is 0.462 e. The molecule has 2 aliphatic carbocycles. The average Bonchev–Trinajstić information content (AvgIpc) is 3.29. The molecule has 4 nitrogen and oxygen atoms in total. The van der Waals surface area contributed by atoms with Crippen molar-refractivity contribution in [1.82, 2.24) is 0 Å². The summed E-state index contributed by atoms with van der Waals surface area (Å²) in [6.07, 6.45) is 6.13. The maximum Gasteiger partial charge on any atom is 0.341 e. The van der Waals surface area contributed by atoms with E-state index < -0.39 is 0 Å². The Morgan fingerprint density at radius 2 is 2.05 bits per heavy atom. The van der Waals surface area contributed by atoms with Crippen LogP contribution in [0.5, 0.6) is 0 Å². The van der Waals surface area contributed by atoms with Crippen LogP contribution < -0.4 is 5.32 Å². The lowest BCUT2D eigenvalue weighted by molar-refractivity contribution is -0.117. The molecule has 120 valence electrons. The van der Waals surface area contributed by atoms with Gasteiger partial charge < -0.3 is 10.1 Å². The Bertz CT molecular complexity index is 589. The van der Waals surface area contributed by atoms with Gasteiger partial charge in [-0.05, 0) is 50.5 Å². The molecule has 0 saturated heterocycles. The standard InChI is InChI=1S/C17H23NO3S/c1-3-10-5-8-12-13(9-10)22-16(14(12)17(20)21-4-2)18-15(19)11-6-7-11/h10-11H,3-9H2,1-2H3,(H,18,19). The van der Waals surface area contributed by atoms with Crippen LogP contribution in [0.4, 0.5) is 5.00 Å². The van der Waals surface area contributed by atoms with E-state index in [0.29, 0.717) is 23.1 Å². The topological polar surface area (TPSA) is 55.4 Å². The summed E-state index contributed by atoms with van der Waals surface area (Å²) in [5.74, 6) is 0.586. The van der Waals surface area contributed by atoms with E-state index in [2.05, 4.69) is 12.2 Å². The number of rotatable bonds is 5. The van der Waals surface area contributed by atoms with Crippen molar-refractivity contribution in [1.29, 1.82) is 0 Å². The number of carbonyl (C=O) groups excluding carboxylic acids is 2. The first-order chi connectivity index (χ1) is 10.6. The van der Waals surface area contributed by atoms with Crippen LogP contribution in [-0.4, -0.2) is 18.5 Å². The number of amides is 1. The molecule has 1 aromatic rings. The Kier molecular flexibility index (Phi) is 4.52. The van der Waals surface area contributed by atoms with Crippen LogP contribution >= 0.6 is 11.3 Å². The molecule has 1 saturated carbocycles. The van der Waals surface area contributed by atoms with Crippen molar-refractivity contribution in [3.05, 3.63) is 16.0 Å². The normalized spacial score (nSPS) is 20.4. The molecule has 1 amide bonds. The molecule has 22 heavy (non-hydrogen) atoms. The third kappa shape index (κ3) is 3.05. The Morgan fingerprint density at radius 3 is 2.68 bits per heavy atom. The number of hydrogen-bond acceptors (Lipinski definition) is 4. The highest BCUT2D eigenvalue weighted by atomic mass is 32.1. The van der Waals surface area contributed by atoms with Crippen LogP contribution in [0.2, 0.25) is 0 Å². The van der Waals surface area contributed by atoms with E-state index in [1.807, 2.05) is 6.92 Å². The van der Waals surface area contributed by atoms with Gasteiger partial charge in [-0.1, -0.05) is 13.3 Å². The second kappa shape index (κ2) is 6.41. The van der Waals surface area contributed by atoms with Gasteiger partial charge in [0.15, 0.2) is 0 Å². The molecule has 1 heterocycles. The van der Waals surface area contributed by atoms with Crippen LogP contribution in [0, 0.1) is 11.8 Å². The Morgan fingerprint density at radius 1 is 1.27 bits per heavy atom. The number of ether oxygens (including phenoxy) is 1. The minimum absolute atomic E-state index is 0.0520. The first-order valence-corrected chi connectivity index (χ1v) is 9.08. The van der Waals surface area contributed by atoms with Gasteiger partial charge >= 0.3 is 5.97 Å². The summed E-state index contributed by atoms with van der Waals surface area (Å²) in [4.78, 5) is 25.7. The molecule has 1 unspecified atom stereocenters. The number of esters is 1. The molecule has 1 aromatic heterocycles. The van der Waals surface area contributed by atoms with E-state index in [4.69, 9.17) is 4.74 Å². The summed E-state index contributed by atoms with van der Waals surface area (Å²) in [6.45, 7) is 4.38. The van der Waals surface area contributed by atoms with Crippen molar-refractivity contribution in [2.75, 3.05) is 11.9 Å². The van der Waals surface area contributed by atoms with Crippen molar-refractivity contribution >= 4 is 28.2 Å². The second-order valence-corrected chi connectivity index (χ2v) is 7.31. The summed E-state index contributed by atoms with van der Waals surface area (Å²) < 4.78 is 5.22. The van der Waals surface area contributed by atoms with Gasteiger partial charge in [0, 0.05) is 10.8 Å². The first-order valence-electron chi connectivity index (χ1n) is 8.26. The van der Waals surface area contributed by atoms with E-state index in [9.17, 15) is 9.59 Å². The van der Waals surface area contributed by atoms with Crippen molar-refractivity contribution in [2.24, 2.45) is 11.8 Å². The van der Waals surface area contributed by atoms with Crippen molar-refractivity contribution in [2.45, 2.75) is 52.4 Å². The molecule has 1 N–H and O–H groups in total. The average molecular weight is 321 g/mol. The zero-order chi connectivity index (χ0) is 15.7. The fraction of sp³-hybridized carbons (Fsp3) is 0.647. The van der Waals surface area contributed by atoms with Gasteiger partial charge in [-0.3, -0.25) is 4.79 Å². The summed E-state index contributed by atoms with van der Waals surface area (Å²) in [5.41, 5.74) is 1.73. The lowest BCUT2D eigenvalue weighted by Gasteiger charge is -2.20. The maximum absolute atomic E-state index is 12.3.